The maximum Gasteiger partial charge on any atom is 0.262 e. The molecule has 3 rings (SSSR count). The van der Waals surface area contributed by atoms with Crippen LogP contribution in [0, 0.1) is 5.82 Å². The highest BCUT2D eigenvalue weighted by atomic mass is 19.1. The van der Waals surface area contributed by atoms with Gasteiger partial charge < -0.3 is 9.63 Å². The summed E-state index contributed by atoms with van der Waals surface area (Å²) in [6.45, 7) is 0. The van der Waals surface area contributed by atoms with Crippen LogP contribution in [-0.4, -0.2) is 20.2 Å². The highest BCUT2D eigenvalue weighted by Gasteiger charge is 2.14. The molecule has 0 saturated heterocycles. The second-order valence-corrected chi connectivity index (χ2v) is 3.83. The second-order valence-electron chi connectivity index (χ2n) is 3.83. The largest absolute Gasteiger partial charge is 0.507 e. The summed E-state index contributed by atoms with van der Waals surface area (Å²) in [4.78, 5) is 8.05. The number of halogens is 1. The standard InChI is InChI=1S/C13H8FN3O2/c14-9-3-4-11(18)10(6-9)13-16-12(17-19-13)8-2-1-5-15-7-8/h1-7,18H. The third kappa shape index (κ3) is 2.15. The van der Waals surface area contributed by atoms with Crippen molar-refractivity contribution in [2.45, 2.75) is 0 Å². The minimum atomic E-state index is -0.492. The van der Waals surface area contributed by atoms with Gasteiger partial charge in [-0.2, -0.15) is 4.98 Å². The lowest BCUT2D eigenvalue weighted by Crippen LogP contribution is -1.83. The van der Waals surface area contributed by atoms with Gasteiger partial charge in [0.05, 0.1) is 5.56 Å². The van der Waals surface area contributed by atoms with E-state index in [4.69, 9.17) is 4.52 Å². The second kappa shape index (κ2) is 4.49. The van der Waals surface area contributed by atoms with Crippen LogP contribution in [-0.2, 0) is 0 Å². The van der Waals surface area contributed by atoms with Crippen molar-refractivity contribution in [3.63, 3.8) is 0 Å². The van der Waals surface area contributed by atoms with E-state index in [1.807, 2.05) is 0 Å². The number of aromatic nitrogens is 3. The quantitative estimate of drug-likeness (QED) is 0.764. The molecule has 0 unspecified atom stereocenters. The third-order valence-corrected chi connectivity index (χ3v) is 2.53. The summed E-state index contributed by atoms with van der Waals surface area (Å²) < 4.78 is 18.2. The molecule has 0 aliphatic heterocycles. The Morgan fingerprint density at radius 3 is 2.89 bits per heavy atom. The smallest absolute Gasteiger partial charge is 0.262 e. The zero-order valence-electron chi connectivity index (χ0n) is 9.62. The Bertz CT molecular complexity index is 713. The van der Waals surface area contributed by atoms with E-state index >= 15 is 0 Å². The molecule has 0 aliphatic rings. The molecule has 0 amide bonds. The lowest BCUT2D eigenvalue weighted by Gasteiger charge is -1.98. The van der Waals surface area contributed by atoms with Gasteiger partial charge in [-0.1, -0.05) is 5.16 Å². The van der Waals surface area contributed by atoms with Gasteiger partial charge in [-0.05, 0) is 30.3 Å². The molecular weight excluding hydrogens is 249 g/mol. The summed E-state index contributed by atoms with van der Waals surface area (Å²) in [5.74, 6) is -0.237. The minimum Gasteiger partial charge on any atom is -0.507 e. The van der Waals surface area contributed by atoms with Gasteiger partial charge in [0.1, 0.15) is 11.6 Å². The van der Waals surface area contributed by atoms with Crippen LogP contribution in [0.2, 0.25) is 0 Å². The van der Waals surface area contributed by atoms with Gasteiger partial charge in [-0.25, -0.2) is 4.39 Å². The molecule has 0 aliphatic carbocycles. The predicted octanol–water partition coefficient (Wildman–Crippen LogP) is 2.64. The molecule has 2 aromatic heterocycles. The molecule has 0 bridgehead atoms. The van der Waals surface area contributed by atoms with Gasteiger partial charge in [0.25, 0.3) is 5.89 Å². The fourth-order valence-electron chi connectivity index (χ4n) is 1.62. The number of phenols is 1. The van der Waals surface area contributed by atoms with Crippen molar-refractivity contribution in [3.8, 4) is 28.6 Å². The van der Waals surface area contributed by atoms with Crippen LogP contribution in [0.5, 0.6) is 5.75 Å². The Morgan fingerprint density at radius 1 is 1.21 bits per heavy atom. The monoisotopic (exact) mass is 257 g/mol. The zero-order valence-corrected chi connectivity index (χ0v) is 9.62. The molecule has 6 heteroatoms. The van der Waals surface area contributed by atoms with Crippen molar-refractivity contribution in [1.29, 1.82) is 0 Å². The molecule has 3 aromatic rings. The normalized spacial score (nSPS) is 10.6. The lowest BCUT2D eigenvalue weighted by molar-refractivity contribution is 0.425. The van der Waals surface area contributed by atoms with Gasteiger partial charge >= 0.3 is 0 Å². The molecular formula is C13H8FN3O2. The molecule has 0 fully saturated rings. The van der Waals surface area contributed by atoms with E-state index in [-0.39, 0.29) is 17.2 Å². The number of nitrogens with zero attached hydrogens (tertiary/aromatic N) is 3. The maximum absolute atomic E-state index is 13.2. The first-order valence-electron chi connectivity index (χ1n) is 5.47. The summed E-state index contributed by atoms with van der Waals surface area (Å²) in [5.41, 5.74) is 0.830. The molecule has 1 aromatic carbocycles. The Balaban J connectivity index is 2.04. The Kier molecular flexibility index (Phi) is 2.68. The highest BCUT2D eigenvalue weighted by molar-refractivity contribution is 5.64. The van der Waals surface area contributed by atoms with Crippen LogP contribution in [0.1, 0.15) is 0 Å². The first kappa shape index (κ1) is 11.3. The van der Waals surface area contributed by atoms with Crippen LogP contribution < -0.4 is 0 Å². The van der Waals surface area contributed by atoms with Gasteiger partial charge in [-0.15, -0.1) is 0 Å². The van der Waals surface area contributed by atoms with E-state index in [9.17, 15) is 9.50 Å². The average Bonchev–Trinajstić information content (AvgIpc) is 2.92. The van der Waals surface area contributed by atoms with E-state index in [1.54, 1.807) is 24.5 Å². The van der Waals surface area contributed by atoms with Crippen LogP contribution in [0.3, 0.4) is 0 Å². The van der Waals surface area contributed by atoms with Gasteiger partial charge in [-0.3, -0.25) is 4.98 Å². The minimum absolute atomic E-state index is 0.0517. The molecule has 94 valence electrons. The number of hydrogen-bond donors (Lipinski definition) is 1. The Morgan fingerprint density at radius 2 is 2.11 bits per heavy atom. The number of hydrogen-bond acceptors (Lipinski definition) is 5. The highest BCUT2D eigenvalue weighted by Crippen LogP contribution is 2.29. The van der Waals surface area contributed by atoms with Crippen molar-refractivity contribution in [2.75, 3.05) is 0 Å². The zero-order chi connectivity index (χ0) is 13.2. The first-order chi connectivity index (χ1) is 9.24. The van der Waals surface area contributed by atoms with Crippen LogP contribution in [0.4, 0.5) is 4.39 Å². The van der Waals surface area contributed by atoms with E-state index in [1.165, 1.54) is 6.07 Å². The van der Waals surface area contributed by atoms with Crippen molar-refractivity contribution in [2.24, 2.45) is 0 Å². The number of phenolic OH excluding ortho intramolecular Hbond substituents is 1. The molecule has 5 nitrogen and oxygen atoms in total. The fourth-order valence-corrected chi connectivity index (χ4v) is 1.62. The summed E-state index contributed by atoms with van der Waals surface area (Å²) in [5, 5.41) is 13.4. The van der Waals surface area contributed by atoms with Gasteiger partial charge in [0.15, 0.2) is 0 Å². The van der Waals surface area contributed by atoms with Crippen LogP contribution in [0.15, 0.2) is 47.2 Å². The van der Waals surface area contributed by atoms with Gasteiger partial charge in [0.2, 0.25) is 5.82 Å². The molecule has 0 spiro atoms. The van der Waals surface area contributed by atoms with Crippen molar-refractivity contribution < 1.29 is 14.0 Å². The topological polar surface area (TPSA) is 72.0 Å². The van der Waals surface area contributed by atoms with Gasteiger partial charge in [0, 0.05) is 18.0 Å². The van der Waals surface area contributed by atoms with E-state index in [2.05, 4.69) is 15.1 Å². The number of benzene rings is 1. The summed E-state index contributed by atoms with van der Waals surface area (Å²) in [6, 6.07) is 7.03. The predicted molar refractivity (Wildman–Crippen MR) is 64.6 cm³/mol. The fraction of sp³-hybridized carbons (Fsp3) is 0. The summed E-state index contributed by atoms with van der Waals surface area (Å²) >= 11 is 0. The van der Waals surface area contributed by atoms with Crippen LogP contribution >= 0.6 is 0 Å². The first-order valence-corrected chi connectivity index (χ1v) is 5.47. The Labute approximate surface area is 107 Å². The van der Waals surface area contributed by atoms with E-state index in [0.717, 1.165) is 12.1 Å². The molecule has 2 heterocycles. The van der Waals surface area contributed by atoms with E-state index in [0.29, 0.717) is 11.4 Å². The maximum atomic E-state index is 13.2. The molecule has 1 N–H and O–H groups in total. The van der Waals surface area contributed by atoms with Crippen molar-refractivity contribution in [1.82, 2.24) is 15.1 Å². The average molecular weight is 257 g/mol. The molecule has 0 atom stereocenters. The molecule has 0 radical (unpaired) electrons. The SMILES string of the molecule is Oc1ccc(F)cc1-c1nc(-c2cccnc2)no1. The number of aromatic hydroxyl groups is 1. The molecule has 19 heavy (non-hydrogen) atoms. The third-order valence-electron chi connectivity index (χ3n) is 2.53. The van der Waals surface area contributed by atoms with Crippen molar-refractivity contribution in [3.05, 3.63) is 48.5 Å². The number of rotatable bonds is 2. The number of pyridine rings is 1. The van der Waals surface area contributed by atoms with Crippen molar-refractivity contribution >= 4 is 0 Å². The summed E-state index contributed by atoms with van der Waals surface area (Å²) in [6.07, 6.45) is 3.21. The Hall–Kier alpha value is -2.76. The summed E-state index contributed by atoms with van der Waals surface area (Å²) in [7, 11) is 0. The van der Waals surface area contributed by atoms with Crippen LogP contribution in [0.25, 0.3) is 22.8 Å². The lowest BCUT2D eigenvalue weighted by atomic mass is 10.2. The van der Waals surface area contributed by atoms with E-state index < -0.39 is 5.82 Å². The molecule has 0 saturated carbocycles.